The SMILES string of the molecule is C=C(C)C1=C(C)C[C@@]2(C)C[C@@]3(C)Cc4c(-c5cccc(C)c5)ccc(C)c4C(=C)C3=C(C)[C@@]2(C)C1=C. The van der Waals surface area contributed by atoms with E-state index in [0.717, 1.165) is 24.8 Å². The maximum atomic E-state index is 4.82. The third kappa shape index (κ3) is 3.13. The number of hydrogen-bond donors (Lipinski definition) is 0. The molecular formula is C36H42. The molecule has 2 aromatic carbocycles. The highest BCUT2D eigenvalue weighted by Gasteiger charge is 2.59. The van der Waals surface area contributed by atoms with Crippen LogP contribution in [0.4, 0.5) is 0 Å². The zero-order valence-electron chi connectivity index (χ0n) is 23.7. The van der Waals surface area contributed by atoms with E-state index < -0.39 is 0 Å². The van der Waals surface area contributed by atoms with E-state index in [1.54, 1.807) is 0 Å². The van der Waals surface area contributed by atoms with Crippen molar-refractivity contribution in [1.29, 1.82) is 0 Å². The summed E-state index contributed by atoms with van der Waals surface area (Å²) >= 11 is 0. The van der Waals surface area contributed by atoms with Crippen LogP contribution < -0.4 is 0 Å². The number of hydrogen-bond acceptors (Lipinski definition) is 0. The molecular weight excluding hydrogens is 432 g/mol. The first-order chi connectivity index (χ1) is 16.7. The molecule has 0 heterocycles. The van der Waals surface area contributed by atoms with Gasteiger partial charge >= 0.3 is 0 Å². The van der Waals surface area contributed by atoms with E-state index in [9.17, 15) is 0 Å². The molecule has 0 aliphatic heterocycles. The Labute approximate surface area is 219 Å². The van der Waals surface area contributed by atoms with Gasteiger partial charge in [0.25, 0.3) is 0 Å². The summed E-state index contributed by atoms with van der Waals surface area (Å²) in [6, 6.07) is 13.6. The van der Waals surface area contributed by atoms with Crippen molar-refractivity contribution in [3.63, 3.8) is 0 Å². The molecule has 0 amide bonds. The van der Waals surface area contributed by atoms with Crippen molar-refractivity contribution in [1.82, 2.24) is 0 Å². The van der Waals surface area contributed by atoms with Gasteiger partial charge in [-0.1, -0.05) is 99.2 Å². The fraction of sp³-hybridized carbons (Fsp3) is 0.389. The molecule has 0 heteroatoms. The molecule has 186 valence electrons. The molecule has 0 N–H and O–H groups in total. The second kappa shape index (κ2) is 7.82. The monoisotopic (exact) mass is 474 g/mol. The lowest BCUT2D eigenvalue weighted by Crippen LogP contribution is -2.52. The highest BCUT2D eigenvalue weighted by atomic mass is 14.6. The van der Waals surface area contributed by atoms with Crippen molar-refractivity contribution in [2.24, 2.45) is 16.2 Å². The van der Waals surface area contributed by atoms with Crippen molar-refractivity contribution in [3.8, 4) is 11.1 Å². The summed E-state index contributed by atoms with van der Waals surface area (Å²) < 4.78 is 0. The Morgan fingerprint density at radius 1 is 0.917 bits per heavy atom. The number of rotatable bonds is 2. The molecule has 0 aromatic heterocycles. The molecule has 5 rings (SSSR count). The van der Waals surface area contributed by atoms with Crippen LogP contribution in [0.15, 0.2) is 89.6 Å². The maximum Gasteiger partial charge on any atom is 0.0194 e. The van der Waals surface area contributed by atoms with E-state index in [4.69, 9.17) is 13.2 Å². The summed E-state index contributed by atoms with van der Waals surface area (Å²) in [5.41, 5.74) is 17.5. The Hall–Kier alpha value is -2.86. The molecule has 3 atom stereocenters. The lowest BCUT2D eigenvalue weighted by atomic mass is 9.41. The zero-order chi connectivity index (χ0) is 26.4. The first-order valence-electron chi connectivity index (χ1n) is 13.4. The van der Waals surface area contributed by atoms with Crippen molar-refractivity contribution in [2.45, 2.75) is 74.7 Å². The Bertz CT molecular complexity index is 1440. The molecule has 0 saturated heterocycles. The van der Waals surface area contributed by atoms with Gasteiger partial charge in [-0.2, -0.15) is 0 Å². The third-order valence-electron chi connectivity index (χ3n) is 10.2. The molecule has 0 saturated carbocycles. The lowest BCUT2D eigenvalue weighted by molar-refractivity contribution is 0.0544. The van der Waals surface area contributed by atoms with E-state index in [1.165, 1.54) is 66.8 Å². The van der Waals surface area contributed by atoms with Crippen LogP contribution in [0.1, 0.15) is 76.6 Å². The van der Waals surface area contributed by atoms with Crippen LogP contribution in [0.2, 0.25) is 0 Å². The molecule has 0 fully saturated rings. The average Bonchev–Trinajstić information content (AvgIpc) is 2.76. The normalized spacial score (nSPS) is 29.7. The van der Waals surface area contributed by atoms with Crippen LogP contribution in [0.3, 0.4) is 0 Å². The molecule has 0 spiro atoms. The quantitative estimate of drug-likeness (QED) is 0.406. The lowest BCUT2D eigenvalue weighted by Gasteiger charge is -2.62. The number of fused-ring (bicyclic) bond motifs is 3. The van der Waals surface area contributed by atoms with Gasteiger partial charge in [-0.25, -0.2) is 0 Å². The van der Waals surface area contributed by atoms with Gasteiger partial charge in [0.15, 0.2) is 0 Å². The highest BCUT2D eigenvalue weighted by molar-refractivity contribution is 5.90. The minimum absolute atomic E-state index is 0.0378. The van der Waals surface area contributed by atoms with E-state index >= 15 is 0 Å². The van der Waals surface area contributed by atoms with Gasteiger partial charge in [0.05, 0.1) is 0 Å². The van der Waals surface area contributed by atoms with Crippen molar-refractivity contribution in [3.05, 3.63) is 112 Å². The molecule has 0 radical (unpaired) electrons. The van der Waals surface area contributed by atoms with E-state index in [0.29, 0.717) is 0 Å². The smallest absolute Gasteiger partial charge is 0.0194 e. The van der Waals surface area contributed by atoms with Gasteiger partial charge in [0.1, 0.15) is 0 Å². The van der Waals surface area contributed by atoms with E-state index in [2.05, 4.69) is 98.4 Å². The third-order valence-corrected chi connectivity index (χ3v) is 10.2. The minimum atomic E-state index is -0.113. The van der Waals surface area contributed by atoms with Crippen LogP contribution in [-0.4, -0.2) is 0 Å². The second-order valence-corrected chi connectivity index (χ2v) is 12.8. The molecule has 0 unspecified atom stereocenters. The van der Waals surface area contributed by atoms with Gasteiger partial charge in [0, 0.05) is 5.41 Å². The van der Waals surface area contributed by atoms with E-state index in [1.807, 2.05) is 0 Å². The Kier molecular flexibility index (Phi) is 5.39. The average molecular weight is 475 g/mol. The molecule has 3 aliphatic carbocycles. The summed E-state index contributed by atoms with van der Waals surface area (Å²) in [6.07, 6.45) is 3.26. The fourth-order valence-electron chi connectivity index (χ4n) is 8.62. The Balaban J connectivity index is 1.77. The van der Waals surface area contributed by atoms with Gasteiger partial charge < -0.3 is 0 Å². The second-order valence-electron chi connectivity index (χ2n) is 12.8. The van der Waals surface area contributed by atoms with Crippen LogP contribution in [0, 0.1) is 30.1 Å². The predicted molar refractivity (Wildman–Crippen MR) is 157 cm³/mol. The van der Waals surface area contributed by atoms with E-state index in [-0.39, 0.29) is 16.2 Å². The summed E-state index contributed by atoms with van der Waals surface area (Å²) in [5, 5.41) is 0. The van der Waals surface area contributed by atoms with Gasteiger partial charge in [-0.05, 0) is 115 Å². The van der Waals surface area contributed by atoms with Gasteiger partial charge in [-0.15, -0.1) is 0 Å². The highest BCUT2D eigenvalue weighted by Crippen LogP contribution is 2.70. The van der Waals surface area contributed by atoms with Gasteiger partial charge in [-0.3, -0.25) is 0 Å². The van der Waals surface area contributed by atoms with Crippen LogP contribution in [0.5, 0.6) is 0 Å². The van der Waals surface area contributed by atoms with Crippen LogP contribution in [0.25, 0.3) is 16.7 Å². The first-order valence-corrected chi connectivity index (χ1v) is 13.4. The first kappa shape index (κ1) is 24.8. The molecule has 0 bridgehead atoms. The predicted octanol–water partition coefficient (Wildman–Crippen LogP) is 10.1. The zero-order valence-corrected chi connectivity index (χ0v) is 23.7. The molecule has 3 aliphatic rings. The number of allylic oxidation sites excluding steroid dienone is 7. The summed E-state index contributed by atoms with van der Waals surface area (Å²) in [7, 11) is 0. The number of aryl methyl sites for hydroxylation is 2. The molecule has 0 nitrogen and oxygen atoms in total. The van der Waals surface area contributed by atoms with Crippen molar-refractivity contribution < 1.29 is 0 Å². The summed E-state index contributed by atoms with van der Waals surface area (Å²) in [5.74, 6) is 0. The Morgan fingerprint density at radius 3 is 2.25 bits per heavy atom. The fourth-order valence-corrected chi connectivity index (χ4v) is 8.62. The topological polar surface area (TPSA) is 0 Å². The van der Waals surface area contributed by atoms with Crippen molar-refractivity contribution >= 4 is 5.57 Å². The summed E-state index contributed by atoms with van der Waals surface area (Å²) in [4.78, 5) is 0. The largest absolute Gasteiger partial charge is 0.0955 e. The van der Waals surface area contributed by atoms with Gasteiger partial charge in [0.2, 0.25) is 0 Å². The van der Waals surface area contributed by atoms with Crippen LogP contribution in [-0.2, 0) is 6.42 Å². The van der Waals surface area contributed by atoms with Crippen LogP contribution >= 0.6 is 0 Å². The van der Waals surface area contributed by atoms with Crippen molar-refractivity contribution in [2.75, 3.05) is 0 Å². The number of benzene rings is 2. The molecule has 36 heavy (non-hydrogen) atoms. The molecule has 2 aromatic rings. The summed E-state index contributed by atoms with van der Waals surface area (Å²) in [6.45, 7) is 32.6. The Morgan fingerprint density at radius 2 is 1.61 bits per heavy atom. The minimum Gasteiger partial charge on any atom is -0.0955 e. The maximum absolute atomic E-state index is 4.82. The standard InChI is InChI=1S/C36H42/c1-21(2)31-24(5)18-35(10)20-34(9)19-30-29(28-14-12-13-22(3)17-28)16-15-23(4)32(30)25(6)33(34)27(8)36(35,11)26(31)7/h12-17H,1,6-7,18-20H2,2-5,8-11H3/t34-,35+,36-/m1/s1.